The Balaban J connectivity index is 1.35. The quantitative estimate of drug-likeness (QED) is 0.321. The van der Waals surface area contributed by atoms with Crippen LogP contribution in [0.2, 0.25) is 0 Å². The molecule has 5 rings (SSSR count). The van der Waals surface area contributed by atoms with E-state index >= 15 is 0 Å². The van der Waals surface area contributed by atoms with Gasteiger partial charge in [-0.15, -0.1) is 0 Å². The van der Waals surface area contributed by atoms with Crippen molar-refractivity contribution in [1.82, 2.24) is 14.9 Å². The molecule has 0 saturated carbocycles. The summed E-state index contributed by atoms with van der Waals surface area (Å²) in [5.41, 5.74) is 2.41. The highest BCUT2D eigenvalue weighted by molar-refractivity contribution is 7.99. The first-order chi connectivity index (χ1) is 16.6. The lowest BCUT2D eigenvalue weighted by atomic mass is 10.1. The number of fused-ring (bicyclic) bond motifs is 2. The van der Waals surface area contributed by atoms with Gasteiger partial charge in [0.25, 0.3) is 5.56 Å². The van der Waals surface area contributed by atoms with E-state index in [4.69, 9.17) is 14.5 Å². The fraction of sp³-hybridized carbons (Fsp3) is 0.192. The maximum atomic E-state index is 13.4. The van der Waals surface area contributed by atoms with Crippen LogP contribution in [0.3, 0.4) is 0 Å². The number of hydrogen-bond donors (Lipinski definition) is 1. The Morgan fingerprint density at radius 2 is 1.82 bits per heavy atom. The minimum absolute atomic E-state index is 0.120. The summed E-state index contributed by atoms with van der Waals surface area (Å²) >= 11 is 1.26. The molecule has 4 aromatic rings. The molecule has 0 aliphatic carbocycles. The maximum absolute atomic E-state index is 13.4. The third-order valence-corrected chi connectivity index (χ3v) is 6.66. The Bertz CT molecular complexity index is 1400. The Morgan fingerprint density at radius 3 is 2.68 bits per heavy atom. The zero-order valence-electron chi connectivity index (χ0n) is 18.6. The minimum atomic E-state index is -0.231. The van der Waals surface area contributed by atoms with Crippen LogP contribution in [0.1, 0.15) is 24.1 Å². The van der Waals surface area contributed by atoms with Gasteiger partial charge in [-0.1, -0.05) is 60.3 Å². The molecule has 172 valence electrons. The van der Waals surface area contributed by atoms with E-state index in [1.54, 1.807) is 10.6 Å². The molecule has 0 bridgehead atoms. The molecule has 34 heavy (non-hydrogen) atoms. The number of ether oxygens (including phenoxy) is 2. The molecule has 1 aliphatic rings. The van der Waals surface area contributed by atoms with Crippen LogP contribution in [0, 0.1) is 0 Å². The fourth-order valence-corrected chi connectivity index (χ4v) is 4.79. The number of benzene rings is 3. The van der Waals surface area contributed by atoms with E-state index in [2.05, 4.69) is 5.32 Å². The lowest BCUT2D eigenvalue weighted by Crippen LogP contribution is -2.28. The summed E-state index contributed by atoms with van der Waals surface area (Å²) in [5, 5.41) is 3.99. The van der Waals surface area contributed by atoms with E-state index < -0.39 is 0 Å². The van der Waals surface area contributed by atoms with E-state index in [1.807, 2.05) is 73.7 Å². The van der Waals surface area contributed by atoms with Crippen LogP contribution in [0.15, 0.2) is 82.7 Å². The first-order valence-corrected chi connectivity index (χ1v) is 11.9. The van der Waals surface area contributed by atoms with Crippen LogP contribution in [0.4, 0.5) is 0 Å². The van der Waals surface area contributed by atoms with E-state index in [0.29, 0.717) is 34.1 Å². The van der Waals surface area contributed by atoms with Gasteiger partial charge in [-0.2, -0.15) is 0 Å². The second-order valence-electron chi connectivity index (χ2n) is 7.93. The topological polar surface area (TPSA) is 82.5 Å². The molecule has 0 fully saturated rings. The zero-order valence-corrected chi connectivity index (χ0v) is 19.4. The summed E-state index contributed by atoms with van der Waals surface area (Å²) in [5.74, 6) is 1.37. The summed E-state index contributed by atoms with van der Waals surface area (Å²) < 4.78 is 12.4. The average Bonchev–Trinajstić information content (AvgIpc) is 3.34. The van der Waals surface area contributed by atoms with Crippen molar-refractivity contribution >= 4 is 28.6 Å². The minimum Gasteiger partial charge on any atom is -0.454 e. The molecule has 0 unspecified atom stereocenters. The summed E-state index contributed by atoms with van der Waals surface area (Å²) in [6, 6.07) is 22.4. The van der Waals surface area contributed by atoms with Gasteiger partial charge in [-0.3, -0.25) is 14.2 Å². The molecule has 0 spiro atoms. The molecule has 0 radical (unpaired) electrons. The molecule has 8 heteroatoms. The summed E-state index contributed by atoms with van der Waals surface area (Å²) in [6.07, 6.45) is 0. The second kappa shape index (κ2) is 9.61. The third kappa shape index (κ3) is 4.49. The third-order valence-electron chi connectivity index (χ3n) is 5.70. The highest BCUT2D eigenvalue weighted by Gasteiger charge is 2.19. The number of carbonyl (C=O) groups excluding carboxylic acids is 1. The molecule has 1 aromatic heterocycles. The predicted octanol–water partition coefficient (Wildman–Crippen LogP) is 4.14. The highest BCUT2D eigenvalue weighted by Crippen LogP contribution is 2.32. The van der Waals surface area contributed by atoms with Crippen LogP contribution in [-0.4, -0.2) is 28.0 Å². The van der Waals surface area contributed by atoms with E-state index in [1.165, 1.54) is 11.8 Å². The van der Waals surface area contributed by atoms with Crippen molar-refractivity contribution in [1.29, 1.82) is 0 Å². The normalized spacial score (nSPS) is 13.1. The van der Waals surface area contributed by atoms with Crippen LogP contribution in [-0.2, 0) is 11.3 Å². The number of amides is 1. The van der Waals surface area contributed by atoms with Crippen molar-refractivity contribution in [2.75, 3.05) is 12.5 Å². The number of para-hydroxylation sites is 1. The Kier molecular flexibility index (Phi) is 6.22. The van der Waals surface area contributed by atoms with Crippen molar-refractivity contribution in [2.24, 2.45) is 0 Å². The number of aromatic nitrogens is 2. The lowest BCUT2D eigenvalue weighted by molar-refractivity contribution is -0.118. The lowest BCUT2D eigenvalue weighted by Gasteiger charge is -2.20. The Hall–Kier alpha value is -3.78. The number of hydrogen-bond acceptors (Lipinski definition) is 6. The van der Waals surface area contributed by atoms with Gasteiger partial charge in [-0.25, -0.2) is 4.98 Å². The Labute approximate surface area is 200 Å². The van der Waals surface area contributed by atoms with Crippen molar-refractivity contribution in [3.05, 3.63) is 94.3 Å². The monoisotopic (exact) mass is 473 g/mol. The number of rotatable bonds is 7. The highest BCUT2D eigenvalue weighted by atomic mass is 32.2. The van der Waals surface area contributed by atoms with E-state index in [9.17, 15) is 9.59 Å². The van der Waals surface area contributed by atoms with Crippen LogP contribution >= 0.6 is 11.8 Å². The molecule has 0 saturated heterocycles. The zero-order chi connectivity index (χ0) is 23.5. The van der Waals surface area contributed by atoms with Gasteiger partial charge in [0.15, 0.2) is 16.7 Å². The smallest absolute Gasteiger partial charge is 0.262 e. The molecular formula is C26H23N3O4S. The molecule has 1 amide bonds. The summed E-state index contributed by atoms with van der Waals surface area (Å²) in [7, 11) is 0. The largest absolute Gasteiger partial charge is 0.454 e. The average molecular weight is 474 g/mol. The van der Waals surface area contributed by atoms with Gasteiger partial charge in [0.2, 0.25) is 12.7 Å². The molecule has 1 atom stereocenters. The Morgan fingerprint density at radius 1 is 1.06 bits per heavy atom. The van der Waals surface area contributed by atoms with E-state index in [0.717, 1.165) is 11.1 Å². The van der Waals surface area contributed by atoms with Crippen LogP contribution in [0.5, 0.6) is 11.5 Å². The predicted molar refractivity (Wildman–Crippen MR) is 131 cm³/mol. The van der Waals surface area contributed by atoms with Gasteiger partial charge in [0.1, 0.15) is 0 Å². The first kappa shape index (κ1) is 22.0. The van der Waals surface area contributed by atoms with Crippen molar-refractivity contribution in [3.8, 4) is 11.5 Å². The SMILES string of the molecule is C[C@H](c1ccccc1)n1c(SCC(=O)NCc2ccc3c(c2)OCO3)nc2ccccc2c1=O. The first-order valence-electron chi connectivity index (χ1n) is 10.9. The van der Waals surface area contributed by atoms with Crippen molar-refractivity contribution in [3.63, 3.8) is 0 Å². The van der Waals surface area contributed by atoms with Crippen molar-refractivity contribution in [2.45, 2.75) is 24.7 Å². The molecule has 1 N–H and O–H groups in total. The number of carbonyl (C=O) groups is 1. The number of nitrogens with zero attached hydrogens (tertiary/aromatic N) is 2. The fourth-order valence-electron chi connectivity index (χ4n) is 3.88. The summed E-state index contributed by atoms with van der Waals surface area (Å²) in [6.45, 7) is 2.55. The van der Waals surface area contributed by atoms with Gasteiger partial charge in [-0.05, 0) is 42.3 Å². The van der Waals surface area contributed by atoms with Gasteiger partial charge < -0.3 is 14.8 Å². The van der Waals surface area contributed by atoms with Gasteiger partial charge >= 0.3 is 0 Å². The van der Waals surface area contributed by atoms with Crippen LogP contribution < -0.4 is 20.3 Å². The number of thioether (sulfide) groups is 1. The molecular weight excluding hydrogens is 450 g/mol. The second-order valence-corrected chi connectivity index (χ2v) is 8.87. The van der Waals surface area contributed by atoms with Crippen molar-refractivity contribution < 1.29 is 14.3 Å². The molecule has 1 aliphatic heterocycles. The summed E-state index contributed by atoms with van der Waals surface area (Å²) in [4.78, 5) is 30.7. The number of nitrogens with one attached hydrogen (secondary N) is 1. The molecule has 3 aromatic carbocycles. The van der Waals surface area contributed by atoms with Crippen LogP contribution in [0.25, 0.3) is 10.9 Å². The van der Waals surface area contributed by atoms with Gasteiger partial charge in [0, 0.05) is 6.54 Å². The standard InChI is InChI=1S/C26H23N3O4S/c1-17(19-7-3-2-4-8-19)29-25(31)20-9-5-6-10-21(20)28-26(29)34-15-24(30)27-14-18-11-12-22-23(13-18)33-16-32-22/h2-13,17H,14-16H2,1H3,(H,27,30)/t17-/m1/s1. The van der Waals surface area contributed by atoms with Gasteiger partial charge in [0.05, 0.1) is 22.7 Å². The molecule has 7 nitrogen and oxygen atoms in total. The maximum Gasteiger partial charge on any atom is 0.262 e. The molecule has 2 heterocycles. The van der Waals surface area contributed by atoms with E-state index in [-0.39, 0.29) is 30.1 Å².